The van der Waals surface area contributed by atoms with Crippen molar-refractivity contribution in [3.05, 3.63) is 53.8 Å². The van der Waals surface area contributed by atoms with Gasteiger partial charge in [-0.3, -0.25) is 4.68 Å². The SMILES string of the molecule is C1=Cc2ccccc2NB1Cn1cc(C2=CCCCC2)nn1. The Kier molecular flexibility index (Phi) is 3.55. The predicted octanol–water partition coefficient (Wildman–Crippen LogP) is 3.44. The zero-order valence-electron chi connectivity index (χ0n) is 12.6. The molecule has 0 amide bonds. The Morgan fingerprint density at radius 3 is 3.09 bits per heavy atom. The van der Waals surface area contributed by atoms with Crippen LogP contribution in [0.2, 0.25) is 0 Å². The summed E-state index contributed by atoms with van der Waals surface area (Å²) in [6.45, 7) is 0.254. The minimum absolute atomic E-state index is 0.254. The van der Waals surface area contributed by atoms with Crippen molar-refractivity contribution in [3.63, 3.8) is 0 Å². The summed E-state index contributed by atoms with van der Waals surface area (Å²) in [5, 5.41) is 12.2. The van der Waals surface area contributed by atoms with Gasteiger partial charge in [-0.1, -0.05) is 41.5 Å². The van der Waals surface area contributed by atoms with Crippen LogP contribution < -0.4 is 5.23 Å². The molecule has 1 aromatic carbocycles. The molecule has 0 bridgehead atoms. The lowest BCUT2D eigenvalue weighted by molar-refractivity contribution is 0.687. The molecule has 2 aliphatic rings. The Morgan fingerprint density at radius 1 is 1.23 bits per heavy atom. The minimum atomic E-state index is 0.254. The molecule has 0 saturated heterocycles. The molecule has 2 heterocycles. The molecule has 0 atom stereocenters. The molecular weight excluding hydrogens is 271 g/mol. The molecule has 0 fully saturated rings. The number of rotatable bonds is 3. The number of aromatic nitrogens is 3. The molecule has 0 radical (unpaired) electrons. The highest BCUT2D eigenvalue weighted by molar-refractivity contribution is 6.68. The lowest BCUT2D eigenvalue weighted by atomic mass is 9.60. The minimum Gasteiger partial charge on any atom is -0.423 e. The molecule has 0 saturated carbocycles. The molecule has 4 rings (SSSR count). The molecule has 2 aromatic rings. The summed E-state index contributed by atoms with van der Waals surface area (Å²) in [5.74, 6) is 2.20. The van der Waals surface area contributed by atoms with Crippen molar-refractivity contribution in [3.8, 4) is 0 Å². The van der Waals surface area contributed by atoms with Gasteiger partial charge in [0, 0.05) is 12.1 Å². The van der Waals surface area contributed by atoms with Crippen LogP contribution in [0.25, 0.3) is 11.6 Å². The summed E-state index contributed by atoms with van der Waals surface area (Å²) < 4.78 is 1.95. The second kappa shape index (κ2) is 5.83. The zero-order valence-corrected chi connectivity index (χ0v) is 12.6. The summed E-state index contributed by atoms with van der Waals surface area (Å²) in [4.78, 5) is 0. The number of para-hydroxylation sites is 1. The smallest absolute Gasteiger partial charge is 0.301 e. The van der Waals surface area contributed by atoms with E-state index in [9.17, 15) is 0 Å². The van der Waals surface area contributed by atoms with E-state index < -0.39 is 0 Å². The van der Waals surface area contributed by atoms with Gasteiger partial charge >= 0.3 is 6.85 Å². The number of hydrogen-bond acceptors (Lipinski definition) is 3. The van der Waals surface area contributed by atoms with Crippen molar-refractivity contribution in [2.24, 2.45) is 0 Å². The van der Waals surface area contributed by atoms with Gasteiger partial charge in [-0.05, 0) is 42.9 Å². The van der Waals surface area contributed by atoms with Crippen LogP contribution in [0, 0.1) is 0 Å². The fourth-order valence-corrected chi connectivity index (χ4v) is 3.16. The average molecular weight is 290 g/mol. The number of benzene rings is 1. The molecule has 4 nitrogen and oxygen atoms in total. The molecule has 5 heteroatoms. The molecular formula is C17H19BN4. The van der Waals surface area contributed by atoms with Gasteiger partial charge in [-0.25, -0.2) is 0 Å². The summed E-state index contributed by atoms with van der Waals surface area (Å²) in [6.07, 6.45) is 12.2. The predicted molar refractivity (Wildman–Crippen MR) is 91.3 cm³/mol. The van der Waals surface area contributed by atoms with Crippen LogP contribution in [0.1, 0.15) is 36.9 Å². The number of anilines is 1. The van der Waals surface area contributed by atoms with E-state index in [1.165, 1.54) is 36.1 Å². The number of nitrogens with zero attached hydrogens (tertiary/aromatic N) is 3. The lowest BCUT2D eigenvalue weighted by Crippen LogP contribution is -2.31. The molecule has 0 spiro atoms. The van der Waals surface area contributed by atoms with Crippen molar-refractivity contribution in [1.29, 1.82) is 0 Å². The maximum atomic E-state index is 4.34. The second-order valence-corrected chi connectivity index (χ2v) is 6.00. The fraction of sp³-hybridized carbons (Fsp3) is 0.294. The van der Waals surface area contributed by atoms with E-state index in [2.05, 4.69) is 64.1 Å². The highest BCUT2D eigenvalue weighted by atomic mass is 15.4. The first-order valence-corrected chi connectivity index (χ1v) is 8.02. The van der Waals surface area contributed by atoms with Crippen molar-refractivity contribution in [2.45, 2.75) is 32.1 Å². The zero-order chi connectivity index (χ0) is 14.8. The first kappa shape index (κ1) is 13.4. The third-order valence-electron chi connectivity index (χ3n) is 4.35. The summed E-state index contributed by atoms with van der Waals surface area (Å²) in [7, 11) is 0. The Balaban J connectivity index is 1.47. The fourth-order valence-electron chi connectivity index (χ4n) is 3.16. The van der Waals surface area contributed by atoms with E-state index in [-0.39, 0.29) is 6.85 Å². The van der Waals surface area contributed by atoms with E-state index in [1.54, 1.807) is 0 Å². The number of allylic oxidation sites excluding steroid dienone is 2. The van der Waals surface area contributed by atoms with Gasteiger partial charge in [-0.2, -0.15) is 0 Å². The van der Waals surface area contributed by atoms with Crippen LogP contribution in [-0.4, -0.2) is 21.8 Å². The molecule has 1 aliphatic heterocycles. The lowest BCUT2D eigenvalue weighted by Gasteiger charge is -2.19. The standard InChI is InChI=1S/C17H19BN4/c1-2-6-14(7-3-1)17-12-22(21-20-17)13-18-11-10-15-8-4-5-9-16(15)19-18/h4-6,8-12,19H,1-3,7,13H2. The third kappa shape index (κ3) is 2.71. The van der Waals surface area contributed by atoms with Gasteiger partial charge in [0.05, 0.1) is 6.20 Å². The van der Waals surface area contributed by atoms with Gasteiger partial charge in [0.1, 0.15) is 5.69 Å². The number of nitrogens with one attached hydrogen (secondary N) is 1. The van der Waals surface area contributed by atoms with Crippen LogP contribution in [0.3, 0.4) is 0 Å². The molecule has 1 N–H and O–H groups in total. The Hall–Kier alpha value is -2.30. The van der Waals surface area contributed by atoms with Crippen LogP contribution in [0.15, 0.2) is 42.5 Å². The highest BCUT2D eigenvalue weighted by Gasteiger charge is 2.18. The average Bonchev–Trinajstić information content (AvgIpc) is 3.04. The van der Waals surface area contributed by atoms with Crippen molar-refractivity contribution < 1.29 is 0 Å². The van der Waals surface area contributed by atoms with Gasteiger partial charge < -0.3 is 5.23 Å². The summed E-state index contributed by atoms with van der Waals surface area (Å²) in [5.41, 5.74) is 4.82. The number of hydrogen-bond donors (Lipinski definition) is 1. The summed E-state index contributed by atoms with van der Waals surface area (Å²) in [6, 6.07) is 8.36. The normalized spacial score (nSPS) is 16.9. The van der Waals surface area contributed by atoms with Gasteiger partial charge in [0.2, 0.25) is 0 Å². The second-order valence-electron chi connectivity index (χ2n) is 6.00. The molecule has 1 aliphatic carbocycles. The maximum Gasteiger partial charge on any atom is 0.301 e. The number of fused-ring (bicyclic) bond motifs is 1. The first-order chi connectivity index (χ1) is 10.9. The van der Waals surface area contributed by atoms with Gasteiger partial charge in [0.15, 0.2) is 0 Å². The Bertz CT molecular complexity index is 732. The topological polar surface area (TPSA) is 42.7 Å². The van der Waals surface area contributed by atoms with Crippen molar-refractivity contribution in [2.75, 3.05) is 5.23 Å². The van der Waals surface area contributed by atoms with Crippen molar-refractivity contribution in [1.82, 2.24) is 15.0 Å². The van der Waals surface area contributed by atoms with E-state index in [4.69, 9.17) is 0 Å². The van der Waals surface area contributed by atoms with Crippen LogP contribution >= 0.6 is 0 Å². The Morgan fingerprint density at radius 2 is 2.18 bits per heavy atom. The van der Waals surface area contributed by atoms with E-state index >= 15 is 0 Å². The largest absolute Gasteiger partial charge is 0.423 e. The molecule has 1 aromatic heterocycles. The summed E-state index contributed by atoms with van der Waals surface area (Å²) >= 11 is 0. The van der Waals surface area contributed by atoms with Crippen LogP contribution in [0.4, 0.5) is 5.69 Å². The first-order valence-electron chi connectivity index (χ1n) is 8.02. The van der Waals surface area contributed by atoms with Gasteiger partial charge in [0.25, 0.3) is 0 Å². The third-order valence-corrected chi connectivity index (χ3v) is 4.35. The maximum absolute atomic E-state index is 4.34. The highest BCUT2D eigenvalue weighted by Crippen LogP contribution is 2.25. The molecule has 0 unspecified atom stereocenters. The molecule has 22 heavy (non-hydrogen) atoms. The molecule has 110 valence electrons. The van der Waals surface area contributed by atoms with E-state index in [1.807, 2.05) is 4.68 Å². The van der Waals surface area contributed by atoms with E-state index in [0.717, 1.165) is 18.6 Å². The Labute approximate surface area is 131 Å². The van der Waals surface area contributed by atoms with Crippen molar-refractivity contribution >= 4 is 24.2 Å². The van der Waals surface area contributed by atoms with E-state index in [0.29, 0.717) is 0 Å². The van der Waals surface area contributed by atoms with Gasteiger partial charge in [-0.15, -0.1) is 5.10 Å². The van der Waals surface area contributed by atoms with Crippen LogP contribution in [-0.2, 0) is 6.44 Å². The monoisotopic (exact) mass is 290 g/mol. The van der Waals surface area contributed by atoms with Crippen LogP contribution in [0.5, 0.6) is 0 Å². The quantitative estimate of drug-likeness (QED) is 0.880.